The number of pyridine rings is 1. The standard InChI is InChI=1S/C14H15BrN2O.2BrH/c1-17(9-11-5-3-2-4-6-11)10-12-7-8-16-14(15)13(12)18;;/h2-8,18H,9-10H2,1H3;2*1H. The highest BCUT2D eigenvalue weighted by molar-refractivity contribution is 9.10. The molecule has 0 unspecified atom stereocenters. The number of hydrogen-bond donors (Lipinski definition) is 1. The van der Waals surface area contributed by atoms with Gasteiger partial charge in [-0.1, -0.05) is 30.3 Å². The van der Waals surface area contributed by atoms with Gasteiger partial charge in [0.2, 0.25) is 0 Å². The molecule has 0 radical (unpaired) electrons. The van der Waals surface area contributed by atoms with Gasteiger partial charge in [-0.2, -0.15) is 0 Å². The summed E-state index contributed by atoms with van der Waals surface area (Å²) in [7, 11) is 2.03. The number of aromatic hydroxyl groups is 1. The Balaban J connectivity index is 0.00000180. The van der Waals surface area contributed by atoms with Crippen LogP contribution in [0.4, 0.5) is 0 Å². The van der Waals surface area contributed by atoms with Gasteiger partial charge >= 0.3 is 0 Å². The lowest BCUT2D eigenvalue weighted by molar-refractivity contribution is 0.312. The first-order chi connectivity index (χ1) is 8.66. The molecule has 20 heavy (non-hydrogen) atoms. The van der Waals surface area contributed by atoms with Crippen molar-refractivity contribution in [2.24, 2.45) is 0 Å². The minimum absolute atomic E-state index is 0. The van der Waals surface area contributed by atoms with Gasteiger partial charge in [0, 0.05) is 24.8 Å². The fourth-order valence-electron chi connectivity index (χ4n) is 1.83. The van der Waals surface area contributed by atoms with Crippen molar-refractivity contribution in [1.82, 2.24) is 9.88 Å². The molecule has 110 valence electrons. The summed E-state index contributed by atoms with van der Waals surface area (Å²) in [5.41, 5.74) is 2.13. The number of halogens is 3. The van der Waals surface area contributed by atoms with E-state index in [1.54, 1.807) is 6.20 Å². The van der Waals surface area contributed by atoms with Crippen LogP contribution in [0.25, 0.3) is 0 Å². The average Bonchev–Trinajstić information content (AvgIpc) is 2.36. The molecule has 0 aliphatic carbocycles. The maximum atomic E-state index is 9.88. The third-order valence-corrected chi connectivity index (χ3v) is 3.28. The highest BCUT2D eigenvalue weighted by Gasteiger charge is 2.08. The molecule has 0 saturated carbocycles. The third-order valence-electron chi connectivity index (χ3n) is 2.70. The molecule has 0 saturated heterocycles. The van der Waals surface area contributed by atoms with E-state index in [1.807, 2.05) is 31.3 Å². The van der Waals surface area contributed by atoms with Crippen molar-refractivity contribution in [3.8, 4) is 5.75 Å². The second-order valence-corrected chi connectivity index (χ2v) is 5.02. The second kappa shape index (κ2) is 9.50. The Bertz CT molecular complexity index is 523. The first-order valence-electron chi connectivity index (χ1n) is 5.71. The lowest BCUT2D eigenvalue weighted by atomic mass is 10.2. The molecule has 1 aromatic carbocycles. The molecule has 0 aliphatic heterocycles. The Morgan fingerprint density at radius 3 is 2.40 bits per heavy atom. The van der Waals surface area contributed by atoms with Crippen molar-refractivity contribution >= 4 is 49.9 Å². The molecule has 0 spiro atoms. The van der Waals surface area contributed by atoms with Gasteiger partial charge in [0.15, 0.2) is 5.75 Å². The zero-order chi connectivity index (χ0) is 13.0. The fraction of sp³-hybridized carbons (Fsp3) is 0.214. The molecular formula is C14H17Br3N2O. The maximum absolute atomic E-state index is 9.88. The predicted octanol–water partition coefficient (Wildman–Crippen LogP) is 4.34. The van der Waals surface area contributed by atoms with Gasteiger partial charge in [0.1, 0.15) is 4.60 Å². The van der Waals surface area contributed by atoms with Crippen LogP contribution in [0.3, 0.4) is 0 Å². The molecule has 0 bridgehead atoms. The summed E-state index contributed by atoms with van der Waals surface area (Å²) in [6, 6.07) is 12.1. The van der Waals surface area contributed by atoms with E-state index in [0.29, 0.717) is 11.1 Å². The molecule has 3 nitrogen and oxygen atoms in total. The Kier molecular flexibility index (Phi) is 9.29. The molecule has 0 amide bonds. The van der Waals surface area contributed by atoms with Crippen LogP contribution in [0.2, 0.25) is 0 Å². The van der Waals surface area contributed by atoms with Gasteiger partial charge in [-0.25, -0.2) is 4.98 Å². The fourth-order valence-corrected chi connectivity index (χ4v) is 2.21. The number of nitrogens with zero attached hydrogens (tertiary/aromatic N) is 2. The van der Waals surface area contributed by atoms with E-state index < -0.39 is 0 Å². The van der Waals surface area contributed by atoms with Crippen molar-refractivity contribution < 1.29 is 5.11 Å². The molecule has 1 heterocycles. The zero-order valence-corrected chi connectivity index (χ0v) is 16.0. The lowest BCUT2D eigenvalue weighted by Crippen LogP contribution is -2.17. The van der Waals surface area contributed by atoms with Gasteiger partial charge < -0.3 is 5.11 Å². The SMILES string of the molecule is Br.Br.CN(Cc1ccccc1)Cc1ccnc(Br)c1O. The van der Waals surface area contributed by atoms with Crippen molar-refractivity contribution in [2.75, 3.05) is 7.05 Å². The largest absolute Gasteiger partial charge is 0.505 e. The van der Waals surface area contributed by atoms with E-state index in [-0.39, 0.29) is 39.7 Å². The summed E-state index contributed by atoms with van der Waals surface area (Å²) in [6.45, 7) is 1.53. The molecule has 1 aromatic heterocycles. The van der Waals surface area contributed by atoms with Crippen LogP contribution >= 0.6 is 49.9 Å². The Morgan fingerprint density at radius 2 is 1.75 bits per heavy atom. The zero-order valence-electron chi connectivity index (χ0n) is 11.0. The van der Waals surface area contributed by atoms with Crippen molar-refractivity contribution in [2.45, 2.75) is 13.1 Å². The summed E-state index contributed by atoms with van der Waals surface area (Å²) in [5.74, 6) is 0.220. The number of aromatic nitrogens is 1. The molecule has 0 atom stereocenters. The smallest absolute Gasteiger partial charge is 0.152 e. The maximum Gasteiger partial charge on any atom is 0.152 e. The van der Waals surface area contributed by atoms with E-state index in [1.165, 1.54) is 5.56 Å². The minimum atomic E-state index is 0. The highest BCUT2D eigenvalue weighted by atomic mass is 79.9. The normalized spacial score (nSPS) is 9.75. The molecule has 2 aromatic rings. The van der Waals surface area contributed by atoms with Crippen LogP contribution < -0.4 is 0 Å². The molecule has 1 N–H and O–H groups in total. The lowest BCUT2D eigenvalue weighted by Gasteiger charge is -2.17. The first kappa shape index (κ1) is 19.6. The summed E-state index contributed by atoms with van der Waals surface area (Å²) < 4.78 is 0.494. The van der Waals surface area contributed by atoms with Crippen LogP contribution in [-0.2, 0) is 13.1 Å². The van der Waals surface area contributed by atoms with Crippen LogP contribution in [0.15, 0.2) is 47.2 Å². The summed E-state index contributed by atoms with van der Waals surface area (Å²) in [5, 5.41) is 9.88. The van der Waals surface area contributed by atoms with Crippen molar-refractivity contribution in [3.63, 3.8) is 0 Å². The summed E-state index contributed by atoms with van der Waals surface area (Å²) in [4.78, 5) is 6.13. The monoisotopic (exact) mass is 466 g/mol. The first-order valence-corrected chi connectivity index (χ1v) is 6.51. The number of rotatable bonds is 4. The number of benzene rings is 1. The van der Waals surface area contributed by atoms with E-state index >= 15 is 0 Å². The molecule has 2 rings (SSSR count). The van der Waals surface area contributed by atoms with E-state index in [2.05, 4.69) is 37.9 Å². The van der Waals surface area contributed by atoms with E-state index in [9.17, 15) is 5.11 Å². The molecule has 6 heteroatoms. The predicted molar refractivity (Wildman–Crippen MR) is 95.9 cm³/mol. The van der Waals surface area contributed by atoms with Crippen LogP contribution in [0, 0.1) is 0 Å². The third kappa shape index (κ3) is 5.52. The van der Waals surface area contributed by atoms with Gasteiger partial charge in [-0.05, 0) is 34.6 Å². The number of hydrogen-bond acceptors (Lipinski definition) is 3. The minimum Gasteiger partial charge on any atom is -0.505 e. The Hall–Kier alpha value is -0.430. The van der Waals surface area contributed by atoms with Gasteiger partial charge in [0.05, 0.1) is 0 Å². The van der Waals surface area contributed by atoms with Crippen LogP contribution in [0.1, 0.15) is 11.1 Å². The van der Waals surface area contributed by atoms with E-state index in [0.717, 1.165) is 12.1 Å². The quantitative estimate of drug-likeness (QED) is 0.678. The van der Waals surface area contributed by atoms with Gasteiger partial charge in [-0.15, -0.1) is 34.0 Å². The van der Waals surface area contributed by atoms with Crippen LogP contribution in [0.5, 0.6) is 5.75 Å². The Morgan fingerprint density at radius 1 is 1.10 bits per heavy atom. The summed E-state index contributed by atoms with van der Waals surface area (Å²) >= 11 is 3.22. The topological polar surface area (TPSA) is 36.4 Å². The average molecular weight is 469 g/mol. The Labute approximate surface area is 148 Å². The van der Waals surface area contributed by atoms with Crippen molar-refractivity contribution in [1.29, 1.82) is 0 Å². The highest BCUT2D eigenvalue weighted by Crippen LogP contribution is 2.26. The van der Waals surface area contributed by atoms with Gasteiger partial charge in [-0.3, -0.25) is 4.90 Å². The molecular weight excluding hydrogens is 452 g/mol. The van der Waals surface area contributed by atoms with Crippen LogP contribution in [-0.4, -0.2) is 22.0 Å². The second-order valence-electron chi connectivity index (χ2n) is 4.27. The molecule has 0 aliphatic rings. The molecule has 0 fully saturated rings. The van der Waals surface area contributed by atoms with E-state index in [4.69, 9.17) is 0 Å². The van der Waals surface area contributed by atoms with Crippen molar-refractivity contribution in [3.05, 3.63) is 58.3 Å². The summed E-state index contributed by atoms with van der Waals surface area (Å²) in [6.07, 6.45) is 1.69. The van der Waals surface area contributed by atoms with Gasteiger partial charge in [0.25, 0.3) is 0 Å².